The Balaban J connectivity index is 1.82. The van der Waals surface area contributed by atoms with Crippen molar-refractivity contribution in [1.82, 2.24) is 25.4 Å². The summed E-state index contributed by atoms with van der Waals surface area (Å²) in [5.74, 6) is 1.70. The van der Waals surface area contributed by atoms with Gasteiger partial charge in [-0.15, -0.1) is 0 Å². The van der Waals surface area contributed by atoms with E-state index in [1.54, 1.807) is 6.33 Å². The van der Waals surface area contributed by atoms with Crippen LogP contribution >= 0.6 is 0 Å². The number of imidazole rings is 1. The van der Waals surface area contributed by atoms with Crippen LogP contribution in [-0.4, -0.2) is 20.1 Å². The van der Waals surface area contributed by atoms with E-state index < -0.39 is 0 Å². The molecule has 17 heavy (non-hydrogen) atoms. The maximum Gasteiger partial charge on any atom is 0.244 e. The summed E-state index contributed by atoms with van der Waals surface area (Å²) in [4.78, 5) is 11.8. The number of rotatable bonds is 2. The zero-order chi connectivity index (χ0) is 11.8. The molecule has 0 spiro atoms. The number of nitrogens with one attached hydrogen (secondary N) is 2. The normalized spacial score (nSPS) is 19.6. The van der Waals surface area contributed by atoms with Gasteiger partial charge in [0, 0.05) is 18.9 Å². The quantitative estimate of drug-likeness (QED) is 0.817. The summed E-state index contributed by atoms with van der Waals surface area (Å²) in [6, 6.07) is 0.0748. The van der Waals surface area contributed by atoms with Crippen LogP contribution in [0.2, 0.25) is 0 Å². The highest BCUT2D eigenvalue weighted by atomic mass is 16.5. The molecule has 1 aliphatic rings. The third kappa shape index (κ3) is 1.84. The molecule has 0 fully saturated rings. The van der Waals surface area contributed by atoms with Gasteiger partial charge in [-0.25, -0.2) is 4.98 Å². The highest BCUT2D eigenvalue weighted by molar-refractivity contribution is 5.17. The molecule has 0 amide bonds. The molecule has 90 valence electrons. The van der Waals surface area contributed by atoms with E-state index in [1.165, 1.54) is 0 Å². The number of aromatic amines is 1. The molecular formula is C11H15N5O. The first-order valence-electron chi connectivity index (χ1n) is 5.82. The van der Waals surface area contributed by atoms with Crippen LogP contribution < -0.4 is 5.32 Å². The van der Waals surface area contributed by atoms with Crippen molar-refractivity contribution in [3.05, 3.63) is 29.4 Å². The van der Waals surface area contributed by atoms with E-state index in [2.05, 4.69) is 39.3 Å². The fraction of sp³-hybridized carbons (Fsp3) is 0.545. The maximum atomic E-state index is 5.30. The van der Waals surface area contributed by atoms with Crippen LogP contribution in [0.5, 0.6) is 0 Å². The minimum Gasteiger partial charge on any atom is -0.347 e. The number of hydrogen-bond donors (Lipinski definition) is 2. The molecular weight excluding hydrogens is 218 g/mol. The molecule has 2 N–H and O–H groups in total. The van der Waals surface area contributed by atoms with E-state index in [9.17, 15) is 0 Å². The van der Waals surface area contributed by atoms with Crippen molar-refractivity contribution in [2.45, 2.75) is 38.8 Å². The summed E-state index contributed by atoms with van der Waals surface area (Å²) >= 11 is 0. The first-order chi connectivity index (χ1) is 8.24. The Morgan fingerprint density at radius 2 is 2.35 bits per heavy atom. The Kier molecular flexibility index (Phi) is 2.44. The highest BCUT2D eigenvalue weighted by Crippen LogP contribution is 2.23. The second-order valence-electron chi connectivity index (χ2n) is 4.61. The number of fused-ring (bicyclic) bond motifs is 1. The molecule has 0 aliphatic carbocycles. The lowest BCUT2D eigenvalue weighted by Crippen LogP contribution is -2.28. The lowest BCUT2D eigenvalue weighted by Gasteiger charge is -2.19. The van der Waals surface area contributed by atoms with Gasteiger partial charge in [0.25, 0.3) is 0 Å². The maximum absolute atomic E-state index is 5.30. The Morgan fingerprint density at radius 1 is 1.47 bits per heavy atom. The Hall–Kier alpha value is -1.69. The van der Waals surface area contributed by atoms with Crippen molar-refractivity contribution in [2.24, 2.45) is 0 Å². The Labute approximate surface area is 98.8 Å². The SMILES string of the molecule is CC(C)c1noc([C@@H]2Cc3nc[nH]c3CN2)n1. The molecule has 0 saturated carbocycles. The monoisotopic (exact) mass is 233 g/mol. The van der Waals surface area contributed by atoms with E-state index >= 15 is 0 Å². The average molecular weight is 233 g/mol. The van der Waals surface area contributed by atoms with Crippen LogP contribution in [0.1, 0.15) is 48.9 Å². The van der Waals surface area contributed by atoms with E-state index in [4.69, 9.17) is 4.52 Å². The molecule has 0 saturated heterocycles. The van der Waals surface area contributed by atoms with Gasteiger partial charge >= 0.3 is 0 Å². The standard InChI is InChI=1S/C11H15N5O/c1-6(2)10-15-11(17-16-10)8-3-7-9(4-12-8)14-5-13-7/h5-6,8,12H,3-4H2,1-2H3,(H,13,14)/t8-/m0/s1. The van der Waals surface area contributed by atoms with Gasteiger partial charge in [-0.1, -0.05) is 19.0 Å². The minimum atomic E-state index is 0.0748. The second-order valence-corrected chi connectivity index (χ2v) is 4.61. The van der Waals surface area contributed by atoms with E-state index in [0.29, 0.717) is 5.89 Å². The lowest BCUT2D eigenvalue weighted by molar-refractivity contribution is 0.316. The van der Waals surface area contributed by atoms with Gasteiger partial charge < -0.3 is 9.51 Å². The van der Waals surface area contributed by atoms with Crippen molar-refractivity contribution in [1.29, 1.82) is 0 Å². The van der Waals surface area contributed by atoms with Crippen molar-refractivity contribution in [2.75, 3.05) is 0 Å². The van der Waals surface area contributed by atoms with Gasteiger partial charge in [-0.05, 0) is 0 Å². The van der Waals surface area contributed by atoms with Crippen LogP contribution in [0, 0.1) is 0 Å². The Bertz CT molecular complexity index is 515. The molecule has 2 aromatic heterocycles. The first kappa shape index (κ1) is 10.5. The third-order valence-electron chi connectivity index (χ3n) is 3.00. The topological polar surface area (TPSA) is 79.6 Å². The van der Waals surface area contributed by atoms with Gasteiger partial charge in [-0.3, -0.25) is 5.32 Å². The van der Waals surface area contributed by atoms with Gasteiger partial charge in [0.1, 0.15) is 0 Å². The fourth-order valence-corrected chi connectivity index (χ4v) is 1.97. The van der Waals surface area contributed by atoms with Crippen LogP contribution in [0.4, 0.5) is 0 Å². The van der Waals surface area contributed by atoms with Crippen LogP contribution in [-0.2, 0) is 13.0 Å². The van der Waals surface area contributed by atoms with Crippen molar-refractivity contribution in [3.8, 4) is 0 Å². The zero-order valence-corrected chi connectivity index (χ0v) is 9.90. The summed E-state index contributed by atoms with van der Waals surface area (Å²) in [6.45, 7) is 4.86. The van der Waals surface area contributed by atoms with Gasteiger partial charge in [-0.2, -0.15) is 4.98 Å². The predicted octanol–water partition coefficient (Wildman–Crippen LogP) is 1.30. The first-order valence-corrected chi connectivity index (χ1v) is 5.82. The minimum absolute atomic E-state index is 0.0748. The second kappa shape index (κ2) is 3.96. The molecule has 0 bridgehead atoms. The molecule has 6 nitrogen and oxygen atoms in total. The van der Waals surface area contributed by atoms with Gasteiger partial charge in [0.2, 0.25) is 5.89 Å². The van der Waals surface area contributed by atoms with Gasteiger partial charge in [0.15, 0.2) is 5.82 Å². The predicted molar refractivity (Wildman–Crippen MR) is 60.3 cm³/mol. The molecule has 2 aromatic rings. The summed E-state index contributed by atoms with van der Waals surface area (Å²) in [6.07, 6.45) is 2.51. The van der Waals surface area contributed by atoms with Crippen molar-refractivity contribution in [3.63, 3.8) is 0 Å². The molecule has 1 atom stereocenters. The number of hydrogen-bond acceptors (Lipinski definition) is 5. The smallest absolute Gasteiger partial charge is 0.244 e. The van der Waals surface area contributed by atoms with E-state index in [0.717, 1.165) is 30.2 Å². The molecule has 3 rings (SSSR count). The fourth-order valence-electron chi connectivity index (χ4n) is 1.97. The highest BCUT2D eigenvalue weighted by Gasteiger charge is 2.26. The lowest BCUT2D eigenvalue weighted by atomic mass is 10.1. The van der Waals surface area contributed by atoms with Crippen molar-refractivity contribution >= 4 is 0 Å². The van der Waals surface area contributed by atoms with E-state index in [1.807, 2.05) is 0 Å². The summed E-state index contributed by atoms with van der Waals surface area (Å²) in [7, 11) is 0. The third-order valence-corrected chi connectivity index (χ3v) is 3.00. The van der Waals surface area contributed by atoms with Crippen LogP contribution in [0.25, 0.3) is 0 Å². The summed E-state index contributed by atoms with van der Waals surface area (Å²) in [5, 5.41) is 7.34. The molecule has 6 heteroatoms. The summed E-state index contributed by atoms with van der Waals surface area (Å²) in [5.41, 5.74) is 2.22. The van der Waals surface area contributed by atoms with E-state index in [-0.39, 0.29) is 12.0 Å². The summed E-state index contributed by atoms with van der Waals surface area (Å²) < 4.78 is 5.30. The Morgan fingerprint density at radius 3 is 3.12 bits per heavy atom. The number of aromatic nitrogens is 4. The zero-order valence-electron chi connectivity index (χ0n) is 9.90. The van der Waals surface area contributed by atoms with Gasteiger partial charge in [0.05, 0.1) is 23.8 Å². The number of nitrogens with zero attached hydrogens (tertiary/aromatic N) is 3. The molecule has 3 heterocycles. The molecule has 1 aliphatic heterocycles. The molecule has 0 aromatic carbocycles. The molecule has 0 unspecified atom stereocenters. The van der Waals surface area contributed by atoms with Crippen LogP contribution in [0.3, 0.4) is 0 Å². The van der Waals surface area contributed by atoms with Crippen molar-refractivity contribution < 1.29 is 4.52 Å². The van der Waals surface area contributed by atoms with Crippen LogP contribution in [0.15, 0.2) is 10.9 Å². The molecule has 0 radical (unpaired) electrons. The number of H-pyrrole nitrogens is 1. The largest absolute Gasteiger partial charge is 0.347 e. The average Bonchev–Trinajstić information content (AvgIpc) is 2.97.